The minimum atomic E-state index is -0.584. The number of anilines is 5. The van der Waals surface area contributed by atoms with Crippen LogP contribution in [0.15, 0.2) is 85.2 Å². The van der Waals surface area contributed by atoms with Crippen molar-refractivity contribution in [1.82, 2.24) is 19.1 Å². The second-order valence-corrected chi connectivity index (χ2v) is 16.4. The van der Waals surface area contributed by atoms with Gasteiger partial charge in [0.1, 0.15) is 46.4 Å². The zero-order valence-corrected chi connectivity index (χ0v) is 34.8. The van der Waals surface area contributed by atoms with E-state index in [9.17, 15) is 14.9 Å². The molecular formula is C44H46ClN9O5. The zero-order valence-electron chi connectivity index (χ0n) is 34.0. The molecule has 1 aliphatic rings. The van der Waals surface area contributed by atoms with E-state index in [0.717, 1.165) is 53.6 Å². The van der Waals surface area contributed by atoms with Gasteiger partial charge in [-0.05, 0) is 109 Å². The molecule has 0 unspecified atom stereocenters. The Bertz CT molecular complexity index is 2580. The maximum Gasteiger partial charge on any atom is 0.418 e. The van der Waals surface area contributed by atoms with Crippen molar-refractivity contribution in [2.75, 3.05) is 35.7 Å². The van der Waals surface area contributed by atoms with Gasteiger partial charge in [0.15, 0.2) is 0 Å². The van der Waals surface area contributed by atoms with E-state index in [-0.39, 0.29) is 11.8 Å². The SMILES string of the molecule is CC(C)(C)OC(=O)n1ccc2ccc(Nc3cc(Cl)cc(C#N)n3)cc21.COC1CCN(c2cc(C#N)nc(Nc3ccc4ccn(C(=O)OC(C)(C)C)c4c3)c2)CC1. The number of nitrogens with zero attached hydrogens (tertiary/aromatic N) is 7. The Morgan fingerprint density at radius 2 is 1.19 bits per heavy atom. The van der Waals surface area contributed by atoms with Gasteiger partial charge in [0, 0.05) is 71.5 Å². The van der Waals surface area contributed by atoms with E-state index in [2.05, 4.69) is 31.6 Å². The Kier molecular flexibility index (Phi) is 12.4. The average Bonchev–Trinajstić information content (AvgIpc) is 3.81. The van der Waals surface area contributed by atoms with Crippen molar-refractivity contribution in [2.24, 2.45) is 0 Å². The van der Waals surface area contributed by atoms with Crippen LogP contribution in [0.25, 0.3) is 21.8 Å². The highest BCUT2D eigenvalue weighted by molar-refractivity contribution is 6.30. The smallest absolute Gasteiger partial charge is 0.418 e. The number of ether oxygens (including phenoxy) is 3. The first-order valence-electron chi connectivity index (χ1n) is 19.0. The van der Waals surface area contributed by atoms with E-state index < -0.39 is 23.4 Å². The first-order valence-corrected chi connectivity index (χ1v) is 19.4. The van der Waals surface area contributed by atoms with Gasteiger partial charge in [-0.2, -0.15) is 10.5 Å². The molecule has 1 fully saturated rings. The fourth-order valence-electron chi connectivity index (χ4n) is 6.44. The molecule has 59 heavy (non-hydrogen) atoms. The van der Waals surface area contributed by atoms with E-state index in [4.69, 9.17) is 31.1 Å². The van der Waals surface area contributed by atoms with Crippen LogP contribution in [0.3, 0.4) is 0 Å². The third-order valence-corrected chi connectivity index (χ3v) is 9.30. The van der Waals surface area contributed by atoms with Gasteiger partial charge in [-0.15, -0.1) is 0 Å². The monoisotopic (exact) mass is 815 g/mol. The van der Waals surface area contributed by atoms with Crippen molar-refractivity contribution in [1.29, 1.82) is 10.5 Å². The summed E-state index contributed by atoms with van der Waals surface area (Å²) < 4.78 is 19.4. The second-order valence-electron chi connectivity index (χ2n) is 15.9. The summed E-state index contributed by atoms with van der Waals surface area (Å²) in [6.07, 6.45) is 4.68. The molecule has 304 valence electrons. The molecule has 7 rings (SSSR count). The highest BCUT2D eigenvalue weighted by Gasteiger charge is 2.22. The van der Waals surface area contributed by atoms with Crippen molar-refractivity contribution in [3.63, 3.8) is 0 Å². The molecule has 1 saturated heterocycles. The Labute approximate surface area is 347 Å². The maximum absolute atomic E-state index is 12.6. The number of carbonyl (C=O) groups is 2. The minimum Gasteiger partial charge on any atom is -0.443 e. The number of methoxy groups -OCH3 is 1. The number of halogens is 1. The lowest BCUT2D eigenvalue weighted by molar-refractivity contribution is 0.0533. The number of hydrogen-bond acceptors (Lipinski definition) is 12. The van der Waals surface area contributed by atoms with Gasteiger partial charge in [-0.1, -0.05) is 23.7 Å². The van der Waals surface area contributed by atoms with Crippen molar-refractivity contribution in [3.05, 3.63) is 102 Å². The Hall–Kier alpha value is -6.61. The van der Waals surface area contributed by atoms with Crippen LogP contribution in [-0.4, -0.2) is 68.8 Å². The maximum atomic E-state index is 12.6. The number of carbonyl (C=O) groups excluding carboxylic acids is 2. The van der Waals surface area contributed by atoms with Gasteiger partial charge < -0.3 is 29.7 Å². The minimum absolute atomic E-state index is 0.221. The standard InChI is InChI=1S/C25H29N5O3.C19H17ClN4O2/c1-25(2,3)33-24(31)30-12-7-17-5-6-18(14-22(17)30)27-23-15-20(13-19(16-26)28-23)29-10-8-21(32-4)9-11-29;1-19(2,3)26-18(25)24-7-6-12-4-5-14(10-16(12)24)22-17-9-13(20)8-15(11-21)23-17/h5-7,12-15,21H,8-11H2,1-4H3,(H,27,28);4-10H,1-3H3,(H,22,23). The molecule has 2 N–H and O–H groups in total. The summed E-state index contributed by atoms with van der Waals surface area (Å²) in [6.45, 7) is 12.7. The van der Waals surface area contributed by atoms with Crippen molar-refractivity contribution in [2.45, 2.75) is 71.7 Å². The lowest BCUT2D eigenvalue weighted by atomic mass is 10.1. The van der Waals surface area contributed by atoms with Crippen molar-refractivity contribution >= 4 is 74.3 Å². The molecule has 5 heterocycles. The normalized spacial score (nSPS) is 13.2. The summed E-state index contributed by atoms with van der Waals surface area (Å²) in [7, 11) is 1.75. The van der Waals surface area contributed by atoms with Crippen LogP contribution < -0.4 is 15.5 Å². The molecule has 0 aliphatic carbocycles. The fraction of sp³-hybridized carbons (Fsp3) is 0.318. The zero-order chi connectivity index (χ0) is 42.5. The average molecular weight is 816 g/mol. The van der Waals surface area contributed by atoms with Gasteiger partial charge in [0.2, 0.25) is 0 Å². The third kappa shape index (κ3) is 10.9. The summed E-state index contributed by atoms with van der Waals surface area (Å²) in [5, 5.41) is 27.1. The Balaban J connectivity index is 0.000000204. The van der Waals surface area contributed by atoms with Crippen molar-refractivity contribution in [3.8, 4) is 12.1 Å². The lowest BCUT2D eigenvalue weighted by Crippen LogP contribution is -2.36. The summed E-state index contributed by atoms with van der Waals surface area (Å²) in [5.74, 6) is 1.02. The molecule has 15 heteroatoms. The van der Waals surface area contributed by atoms with Gasteiger partial charge in [-0.25, -0.2) is 19.6 Å². The van der Waals surface area contributed by atoms with E-state index in [1.165, 1.54) is 15.2 Å². The van der Waals surface area contributed by atoms with Gasteiger partial charge >= 0.3 is 12.2 Å². The predicted octanol–water partition coefficient (Wildman–Crippen LogP) is 10.1. The first-order chi connectivity index (χ1) is 28.0. The molecule has 0 radical (unpaired) electrons. The lowest BCUT2D eigenvalue weighted by Gasteiger charge is -2.33. The number of fused-ring (bicyclic) bond motifs is 2. The molecular weight excluding hydrogens is 770 g/mol. The molecule has 0 atom stereocenters. The van der Waals surface area contributed by atoms with Crippen LogP contribution in [0.5, 0.6) is 0 Å². The van der Waals surface area contributed by atoms with Gasteiger partial charge in [-0.3, -0.25) is 9.13 Å². The molecule has 0 bridgehead atoms. The molecule has 0 amide bonds. The molecule has 2 aromatic carbocycles. The third-order valence-electron chi connectivity index (χ3n) is 9.08. The molecule has 6 aromatic rings. The largest absolute Gasteiger partial charge is 0.443 e. The fourth-order valence-corrected chi connectivity index (χ4v) is 6.64. The Morgan fingerprint density at radius 1 is 0.712 bits per heavy atom. The quantitative estimate of drug-likeness (QED) is 0.163. The Morgan fingerprint density at radius 3 is 1.64 bits per heavy atom. The van der Waals surface area contributed by atoms with Crippen LogP contribution in [0.4, 0.5) is 38.3 Å². The molecule has 0 saturated carbocycles. The molecule has 4 aromatic heterocycles. The van der Waals surface area contributed by atoms with Crippen LogP contribution in [-0.2, 0) is 14.2 Å². The number of piperidine rings is 1. The molecule has 0 spiro atoms. The number of pyridine rings is 2. The summed E-state index contributed by atoms with van der Waals surface area (Å²) >= 11 is 6.00. The summed E-state index contributed by atoms with van der Waals surface area (Å²) in [5.41, 5.74) is 3.26. The molecule has 14 nitrogen and oxygen atoms in total. The number of hydrogen-bond donors (Lipinski definition) is 2. The van der Waals surface area contributed by atoms with E-state index in [1.807, 2.05) is 108 Å². The second kappa shape index (κ2) is 17.5. The topological polar surface area (TPSA) is 172 Å². The first kappa shape index (κ1) is 42.0. The highest BCUT2D eigenvalue weighted by Crippen LogP contribution is 2.29. The predicted molar refractivity (Wildman–Crippen MR) is 229 cm³/mol. The number of benzene rings is 2. The summed E-state index contributed by atoms with van der Waals surface area (Å²) in [6, 6.07) is 26.0. The van der Waals surface area contributed by atoms with Gasteiger partial charge in [0.25, 0.3) is 0 Å². The number of aromatic nitrogens is 4. The number of rotatable bonds is 6. The summed E-state index contributed by atoms with van der Waals surface area (Å²) in [4.78, 5) is 35.8. The van der Waals surface area contributed by atoms with Crippen LogP contribution >= 0.6 is 11.6 Å². The number of nitriles is 2. The van der Waals surface area contributed by atoms with E-state index in [1.54, 1.807) is 25.6 Å². The molecule has 1 aliphatic heterocycles. The van der Waals surface area contributed by atoms with E-state index >= 15 is 0 Å². The van der Waals surface area contributed by atoms with Crippen molar-refractivity contribution < 1.29 is 23.8 Å². The van der Waals surface area contributed by atoms with E-state index in [0.29, 0.717) is 33.6 Å². The highest BCUT2D eigenvalue weighted by atomic mass is 35.5. The van der Waals surface area contributed by atoms with Crippen LogP contribution in [0.2, 0.25) is 5.02 Å². The van der Waals surface area contributed by atoms with Crippen LogP contribution in [0, 0.1) is 22.7 Å². The van der Waals surface area contributed by atoms with Gasteiger partial charge in [0.05, 0.1) is 17.1 Å². The van der Waals surface area contributed by atoms with Crippen LogP contribution in [0.1, 0.15) is 65.8 Å². The number of nitrogens with one attached hydrogen (secondary N) is 2.